The van der Waals surface area contributed by atoms with Gasteiger partial charge >= 0.3 is 330 Å². The maximum absolute atomic E-state index is 6.39. The summed E-state index contributed by atoms with van der Waals surface area (Å²) in [5.41, 5.74) is 11.9. The van der Waals surface area contributed by atoms with Crippen molar-refractivity contribution >= 4 is 98.8 Å². The van der Waals surface area contributed by atoms with Crippen molar-refractivity contribution in [3.63, 3.8) is 0 Å². The zero-order valence-electron chi connectivity index (χ0n) is 32.4. The van der Waals surface area contributed by atoms with Crippen LogP contribution in [0.1, 0.15) is 0 Å². The Kier molecular flexibility index (Phi) is 7.39. The summed E-state index contributed by atoms with van der Waals surface area (Å²) >= 11 is 0.189. The second-order valence-corrected chi connectivity index (χ2v) is 18.2. The van der Waals surface area contributed by atoms with Gasteiger partial charge in [-0.25, -0.2) is 0 Å². The van der Waals surface area contributed by atoms with Crippen molar-refractivity contribution in [2.75, 3.05) is 0 Å². The van der Waals surface area contributed by atoms with E-state index in [1.165, 1.54) is 107 Å². The molecule has 0 amide bonds. The maximum atomic E-state index is 6.39. The number of fused-ring (bicyclic) bond motifs is 10. The molecule has 0 aliphatic heterocycles. The predicted octanol–water partition coefficient (Wildman–Crippen LogP) is 16.2. The Hall–Kier alpha value is -7.22. The van der Waals surface area contributed by atoms with Crippen LogP contribution >= 0.6 is 0 Å². The second-order valence-electron chi connectivity index (χ2n) is 15.9. The minimum atomic E-state index is 0.189. The molecule has 0 spiro atoms. The molecule has 0 saturated heterocycles. The summed E-state index contributed by atoms with van der Waals surface area (Å²) in [5, 5.41) is 15.2. The fraction of sp³-hybridized carbons (Fsp3) is 0. The molecule has 0 saturated carbocycles. The third-order valence-corrected chi connectivity index (χ3v) is 15.0. The summed E-state index contributed by atoms with van der Waals surface area (Å²) in [6.07, 6.45) is 0. The van der Waals surface area contributed by atoms with Gasteiger partial charge in [-0.1, -0.05) is 18.2 Å². The van der Waals surface area contributed by atoms with E-state index in [9.17, 15) is 0 Å². The van der Waals surface area contributed by atoms with Crippen molar-refractivity contribution in [2.45, 2.75) is 0 Å². The molecule has 0 aliphatic rings. The third-order valence-electron chi connectivity index (χ3n) is 12.6. The summed E-state index contributed by atoms with van der Waals surface area (Å²) < 4.78 is 9.28. The first-order valence-corrected chi connectivity index (χ1v) is 22.3. The van der Waals surface area contributed by atoms with Crippen molar-refractivity contribution < 1.29 is 4.42 Å². The first kappa shape index (κ1) is 33.7. The van der Waals surface area contributed by atoms with Crippen molar-refractivity contribution in [1.82, 2.24) is 0 Å². The Balaban J connectivity index is 0.994. The predicted molar refractivity (Wildman–Crippen MR) is 257 cm³/mol. The van der Waals surface area contributed by atoms with Gasteiger partial charge in [0.25, 0.3) is 0 Å². The molecule has 278 valence electrons. The molecule has 1 nitrogen and oxygen atoms in total. The van der Waals surface area contributed by atoms with Crippen LogP contribution in [-0.4, -0.2) is 14.5 Å². The van der Waals surface area contributed by atoms with Crippen LogP contribution in [-0.2, 0) is 0 Å². The van der Waals surface area contributed by atoms with Crippen molar-refractivity contribution in [3.8, 4) is 44.5 Å². The number of rotatable bonds is 4. The first-order valence-electron chi connectivity index (χ1n) is 20.6. The molecule has 2 heteroatoms. The molecule has 13 rings (SSSR count). The summed E-state index contributed by atoms with van der Waals surface area (Å²) in [4.78, 5) is 0. The minimum absolute atomic E-state index is 0.189. The molecule has 0 bridgehead atoms. The van der Waals surface area contributed by atoms with Crippen LogP contribution in [0.3, 0.4) is 0 Å². The van der Waals surface area contributed by atoms with Gasteiger partial charge in [0, 0.05) is 0 Å². The molecule has 0 unspecified atom stereocenters. The van der Waals surface area contributed by atoms with E-state index in [1.807, 2.05) is 6.07 Å². The second kappa shape index (κ2) is 13.1. The van der Waals surface area contributed by atoms with Gasteiger partial charge in [0.05, 0.1) is 0 Å². The van der Waals surface area contributed by atoms with Gasteiger partial charge in [-0.3, -0.25) is 0 Å². The standard InChI is InChI=1S/C58H34OSe/c1-2-14-35(15-3-1)55-42-17-4-6-19-44(42)56(45-20-7-5-18-43(45)55)36-28-31-53-50(32-36)41-30-27-38(34-54(41)60-53)58-48-23-10-8-21-46(48)57(47-22-9-11-24-49(47)58)37-26-29-40-39-16-12-13-25-51(39)59-52(40)33-37/h1-34H. The van der Waals surface area contributed by atoms with Crippen LogP contribution in [0.15, 0.2) is 211 Å². The zero-order valence-corrected chi connectivity index (χ0v) is 34.2. The summed E-state index contributed by atoms with van der Waals surface area (Å²) in [6, 6.07) is 76.2. The summed E-state index contributed by atoms with van der Waals surface area (Å²) in [7, 11) is 0. The molecular weight excluding hydrogens is 792 g/mol. The molecule has 0 N–H and O–H groups in total. The van der Waals surface area contributed by atoms with Crippen molar-refractivity contribution in [2.24, 2.45) is 0 Å². The number of hydrogen-bond donors (Lipinski definition) is 0. The molecule has 0 radical (unpaired) electrons. The number of hydrogen-bond acceptors (Lipinski definition) is 1. The Morgan fingerprint density at radius 2 is 0.633 bits per heavy atom. The summed E-state index contributed by atoms with van der Waals surface area (Å²) in [6.45, 7) is 0. The van der Waals surface area contributed by atoms with Gasteiger partial charge in [-0.05, 0) is 6.07 Å². The molecule has 60 heavy (non-hydrogen) atoms. The van der Waals surface area contributed by atoms with E-state index in [1.54, 1.807) is 0 Å². The van der Waals surface area contributed by atoms with Gasteiger partial charge in [0.15, 0.2) is 0 Å². The Bertz CT molecular complexity index is 3770. The molecular formula is C58H34OSe. The average molecular weight is 826 g/mol. The Morgan fingerprint density at radius 3 is 1.18 bits per heavy atom. The number of benzene rings is 11. The van der Waals surface area contributed by atoms with Crippen LogP contribution in [0.2, 0.25) is 0 Å². The van der Waals surface area contributed by atoms with Crippen LogP contribution in [0.4, 0.5) is 0 Å². The molecule has 2 heterocycles. The van der Waals surface area contributed by atoms with E-state index >= 15 is 0 Å². The fourth-order valence-electron chi connectivity index (χ4n) is 10.1. The van der Waals surface area contributed by atoms with E-state index in [0.717, 1.165) is 21.9 Å². The molecule has 13 aromatic rings. The molecule has 2 aromatic heterocycles. The Morgan fingerprint density at radius 1 is 0.233 bits per heavy atom. The first-order chi connectivity index (χ1) is 29.8. The number of para-hydroxylation sites is 1. The van der Waals surface area contributed by atoms with Gasteiger partial charge in [0.1, 0.15) is 0 Å². The topological polar surface area (TPSA) is 13.1 Å². The van der Waals surface area contributed by atoms with E-state index in [-0.39, 0.29) is 14.5 Å². The van der Waals surface area contributed by atoms with Gasteiger partial charge < -0.3 is 0 Å². The van der Waals surface area contributed by atoms with Crippen LogP contribution < -0.4 is 0 Å². The molecule has 0 fully saturated rings. The molecule has 0 aliphatic carbocycles. The normalized spacial score (nSPS) is 12.0. The van der Waals surface area contributed by atoms with Gasteiger partial charge in [0.2, 0.25) is 0 Å². The van der Waals surface area contributed by atoms with E-state index < -0.39 is 0 Å². The Labute approximate surface area is 352 Å². The molecule has 11 aromatic carbocycles. The van der Waals surface area contributed by atoms with Crippen LogP contribution in [0.5, 0.6) is 0 Å². The van der Waals surface area contributed by atoms with Crippen LogP contribution in [0.25, 0.3) is 129 Å². The zero-order chi connectivity index (χ0) is 39.3. The number of furan rings is 1. The van der Waals surface area contributed by atoms with E-state index in [0.29, 0.717) is 0 Å². The van der Waals surface area contributed by atoms with Crippen molar-refractivity contribution in [1.29, 1.82) is 0 Å². The van der Waals surface area contributed by atoms with E-state index in [4.69, 9.17) is 4.42 Å². The van der Waals surface area contributed by atoms with Gasteiger partial charge in [-0.15, -0.1) is 0 Å². The van der Waals surface area contributed by atoms with Crippen molar-refractivity contribution in [3.05, 3.63) is 206 Å². The molecule has 0 atom stereocenters. The third kappa shape index (κ3) is 4.99. The quantitative estimate of drug-likeness (QED) is 0.127. The van der Waals surface area contributed by atoms with E-state index in [2.05, 4.69) is 200 Å². The summed E-state index contributed by atoms with van der Waals surface area (Å²) in [5.74, 6) is 0. The fourth-order valence-corrected chi connectivity index (χ4v) is 12.4. The van der Waals surface area contributed by atoms with Gasteiger partial charge in [-0.2, -0.15) is 0 Å². The van der Waals surface area contributed by atoms with Crippen LogP contribution in [0, 0.1) is 0 Å². The average Bonchev–Trinajstić information content (AvgIpc) is 3.87. The SMILES string of the molecule is c1ccc(-c2c3ccccc3c(-c3ccc4[se]c5cc(-c6c7ccccc7c(-c7ccc8c(c7)oc7ccccc78)c7ccccc67)ccc5c4c3)c3ccccc23)cc1. The monoisotopic (exact) mass is 826 g/mol.